The van der Waals surface area contributed by atoms with Crippen LogP contribution in [-0.2, 0) is 17.6 Å². The van der Waals surface area contributed by atoms with Gasteiger partial charge >= 0.3 is 5.97 Å². The summed E-state index contributed by atoms with van der Waals surface area (Å²) in [7, 11) is 0. The highest BCUT2D eigenvalue weighted by atomic mass is 19.1. The third-order valence-electron chi connectivity index (χ3n) is 6.18. The predicted molar refractivity (Wildman–Crippen MR) is 114 cm³/mol. The molecular formula is C26H23FO4. The molecule has 4 nitrogen and oxygen atoms in total. The Hall–Kier alpha value is -3.34. The van der Waals surface area contributed by atoms with Gasteiger partial charge in [-0.05, 0) is 48.1 Å². The van der Waals surface area contributed by atoms with Crippen molar-refractivity contribution in [2.75, 3.05) is 6.61 Å². The third-order valence-corrected chi connectivity index (χ3v) is 6.18. The Bertz CT molecular complexity index is 1130. The van der Waals surface area contributed by atoms with E-state index in [2.05, 4.69) is 12.1 Å². The summed E-state index contributed by atoms with van der Waals surface area (Å²) >= 11 is 0. The van der Waals surface area contributed by atoms with Crippen molar-refractivity contribution in [2.45, 2.75) is 37.7 Å². The molecule has 0 radical (unpaired) electrons. The molecule has 2 atom stereocenters. The summed E-state index contributed by atoms with van der Waals surface area (Å²) in [6, 6.07) is 19.1. The van der Waals surface area contributed by atoms with Crippen LogP contribution in [0.3, 0.4) is 0 Å². The van der Waals surface area contributed by atoms with Crippen LogP contribution < -0.4 is 9.47 Å². The zero-order valence-electron chi connectivity index (χ0n) is 17.0. The Morgan fingerprint density at radius 3 is 2.77 bits per heavy atom. The van der Waals surface area contributed by atoms with E-state index in [4.69, 9.17) is 14.6 Å². The van der Waals surface area contributed by atoms with Crippen molar-refractivity contribution in [3.05, 3.63) is 94.3 Å². The Labute approximate surface area is 180 Å². The number of rotatable bonds is 6. The maximum absolute atomic E-state index is 14.8. The molecule has 1 unspecified atom stereocenters. The number of hydrogen-bond acceptors (Lipinski definition) is 3. The first kappa shape index (κ1) is 19.6. The number of carboxylic acids is 1. The monoisotopic (exact) mass is 418 g/mol. The second-order valence-corrected chi connectivity index (χ2v) is 8.21. The topological polar surface area (TPSA) is 55.8 Å². The molecule has 3 aromatic rings. The lowest BCUT2D eigenvalue weighted by atomic mass is 9.96. The molecular weight excluding hydrogens is 395 g/mol. The SMILES string of the molecule is O=C(O)CC1COc2cc(O[C@@H]3CCc4c(Cc5ccccc5)ccc(F)c43)ccc21. The molecule has 158 valence electrons. The van der Waals surface area contributed by atoms with Crippen LogP contribution in [0, 0.1) is 5.82 Å². The Morgan fingerprint density at radius 2 is 1.97 bits per heavy atom. The van der Waals surface area contributed by atoms with Crippen molar-refractivity contribution in [3.8, 4) is 11.5 Å². The number of halogens is 1. The van der Waals surface area contributed by atoms with Crippen molar-refractivity contribution >= 4 is 5.97 Å². The van der Waals surface area contributed by atoms with Gasteiger partial charge in [0.15, 0.2) is 0 Å². The standard InChI is InChI=1S/C26H23FO4/c27-22-10-6-17(12-16-4-2-1-3-5-16)21-9-11-23(26(21)22)31-19-7-8-20-18(13-25(28)29)15-30-24(20)14-19/h1-8,10,14,18,23H,9,11-13,15H2,(H,28,29)/t18?,23-/m1/s1. The van der Waals surface area contributed by atoms with Gasteiger partial charge in [0.05, 0.1) is 13.0 Å². The first-order valence-electron chi connectivity index (χ1n) is 10.6. The lowest BCUT2D eigenvalue weighted by Crippen LogP contribution is -2.07. The fourth-order valence-corrected chi connectivity index (χ4v) is 4.72. The van der Waals surface area contributed by atoms with E-state index < -0.39 is 5.97 Å². The van der Waals surface area contributed by atoms with Gasteiger partial charge in [-0.1, -0.05) is 42.5 Å². The number of hydrogen-bond donors (Lipinski definition) is 1. The summed E-state index contributed by atoms with van der Waals surface area (Å²) in [5.41, 5.74) is 4.93. The highest BCUT2D eigenvalue weighted by Gasteiger charge is 2.31. The molecule has 0 amide bonds. The van der Waals surface area contributed by atoms with Crippen LogP contribution >= 0.6 is 0 Å². The summed E-state index contributed by atoms with van der Waals surface area (Å²) in [4.78, 5) is 11.0. The summed E-state index contributed by atoms with van der Waals surface area (Å²) < 4.78 is 26.7. The van der Waals surface area contributed by atoms with Crippen LogP contribution in [0.15, 0.2) is 60.7 Å². The molecule has 0 saturated heterocycles. The molecule has 5 heteroatoms. The average Bonchev–Trinajstić information content (AvgIpc) is 3.36. The first-order valence-corrected chi connectivity index (χ1v) is 10.6. The molecule has 31 heavy (non-hydrogen) atoms. The minimum absolute atomic E-state index is 0.0403. The third kappa shape index (κ3) is 3.88. The second-order valence-electron chi connectivity index (χ2n) is 8.21. The van der Waals surface area contributed by atoms with Gasteiger partial charge in [-0.2, -0.15) is 0 Å². The summed E-state index contributed by atoms with van der Waals surface area (Å²) in [5.74, 6) is 0.0480. The normalized spacial score (nSPS) is 18.9. The van der Waals surface area contributed by atoms with Gasteiger partial charge in [-0.3, -0.25) is 4.79 Å². The largest absolute Gasteiger partial charge is 0.492 e. The van der Waals surface area contributed by atoms with E-state index in [0.717, 1.165) is 36.0 Å². The van der Waals surface area contributed by atoms with E-state index in [9.17, 15) is 9.18 Å². The number of carbonyl (C=O) groups is 1. The van der Waals surface area contributed by atoms with E-state index in [-0.39, 0.29) is 24.3 Å². The van der Waals surface area contributed by atoms with Crippen molar-refractivity contribution in [1.82, 2.24) is 0 Å². The Kier molecular flexibility index (Phi) is 5.10. The molecule has 3 aromatic carbocycles. The predicted octanol–water partition coefficient (Wildman–Crippen LogP) is 5.43. The molecule has 0 spiro atoms. The molecule has 1 aliphatic heterocycles. The fourth-order valence-electron chi connectivity index (χ4n) is 4.72. The van der Waals surface area contributed by atoms with Crippen LogP contribution in [-0.4, -0.2) is 17.7 Å². The highest BCUT2D eigenvalue weighted by molar-refractivity contribution is 5.68. The van der Waals surface area contributed by atoms with Crippen LogP contribution in [0.4, 0.5) is 4.39 Å². The van der Waals surface area contributed by atoms with Crippen molar-refractivity contribution in [3.63, 3.8) is 0 Å². The number of fused-ring (bicyclic) bond motifs is 2. The number of aliphatic carboxylic acids is 1. The molecule has 1 N–H and O–H groups in total. The molecule has 0 bridgehead atoms. The maximum atomic E-state index is 14.8. The minimum Gasteiger partial charge on any atom is -0.492 e. The van der Waals surface area contributed by atoms with Gasteiger partial charge in [0, 0.05) is 23.1 Å². The lowest BCUT2D eigenvalue weighted by Gasteiger charge is -2.17. The zero-order valence-corrected chi connectivity index (χ0v) is 17.0. The highest BCUT2D eigenvalue weighted by Crippen LogP contribution is 2.42. The zero-order chi connectivity index (χ0) is 21.4. The quantitative estimate of drug-likeness (QED) is 0.580. The van der Waals surface area contributed by atoms with Crippen LogP contribution in [0.25, 0.3) is 0 Å². The van der Waals surface area contributed by atoms with Crippen LogP contribution in [0.5, 0.6) is 11.5 Å². The van der Waals surface area contributed by atoms with Crippen molar-refractivity contribution in [2.24, 2.45) is 0 Å². The van der Waals surface area contributed by atoms with E-state index in [0.29, 0.717) is 23.7 Å². The van der Waals surface area contributed by atoms with Gasteiger partial charge in [-0.25, -0.2) is 4.39 Å². The maximum Gasteiger partial charge on any atom is 0.304 e. The molecule has 0 fully saturated rings. The van der Waals surface area contributed by atoms with Crippen LogP contribution in [0.1, 0.15) is 52.7 Å². The second kappa shape index (κ2) is 8.06. The molecule has 1 aliphatic carbocycles. The van der Waals surface area contributed by atoms with Crippen LogP contribution in [0.2, 0.25) is 0 Å². The Balaban J connectivity index is 1.37. The minimum atomic E-state index is -0.842. The van der Waals surface area contributed by atoms with Gasteiger partial charge < -0.3 is 14.6 Å². The summed E-state index contributed by atoms with van der Waals surface area (Å²) in [6.07, 6.45) is 1.96. The van der Waals surface area contributed by atoms with E-state index in [1.54, 1.807) is 12.1 Å². The van der Waals surface area contributed by atoms with E-state index >= 15 is 0 Å². The Morgan fingerprint density at radius 1 is 1.13 bits per heavy atom. The number of ether oxygens (including phenoxy) is 2. The number of benzene rings is 3. The summed E-state index contributed by atoms with van der Waals surface area (Å²) in [5, 5.41) is 9.06. The molecule has 0 saturated carbocycles. The van der Waals surface area contributed by atoms with Gasteiger partial charge in [-0.15, -0.1) is 0 Å². The average molecular weight is 418 g/mol. The van der Waals surface area contributed by atoms with Crippen molar-refractivity contribution < 1.29 is 23.8 Å². The number of carboxylic acid groups (broad SMARTS) is 1. The fraction of sp³-hybridized carbons (Fsp3) is 0.269. The summed E-state index contributed by atoms with van der Waals surface area (Å²) in [6.45, 7) is 0.356. The van der Waals surface area contributed by atoms with E-state index in [1.165, 1.54) is 5.56 Å². The smallest absolute Gasteiger partial charge is 0.304 e. The molecule has 5 rings (SSSR count). The van der Waals surface area contributed by atoms with Gasteiger partial charge in [0.2, 0.25) is 0 Å². The first-order chi connectivity index (χ1) is 15.1. The van der Waals surface area contributed by atoms with Gasteiger partial charge in [0.25, 0.3) is 0 Å². The van der Waals surface area contributed by atoms with Crippen molar-refractivity contribution in [1.29, 1.82) is 0 Å². The van der Waals surface area contributed by atoms with Gasteiger partial charge in [0.1, 0.15) is 23.4 Å². The lowest BCUT2D eigenvalue weighted by molar-refractivity contribution is -0.137. The molecule has 0 aromatic heterocycles. The van der Waals surface area contributed by atoms with E-state index in [1.807, 2.05) is 36.4 Å². The molecule has 1 heterocycles. The molecule has 2 aliphatic rings.